The quantitative estimate of drug-likeness (QED) is 0.289. The van der Waals surface area contributed by atoms with Gasteiger partial charge in [0.15, 0.2) is 11.4 Å². The second-order valence-electron chi connectivity index (χ2n) is 8.48. The molecule has 0 amide bonds. The molecule has 0 N–H and O–H groups in total. The predicted molar refractivity (Wildman–Crippen MR) is 153 cm³/mol. The van der Waals surface area contributed by atoms with Crippen molar-refractivity contribution in [1.82, 2.24) is 4.57 Å². The SMILES string of the molecule is CCOC(=O)C1=C(c2ccccc2)N=c2s/c(=C\c3ccc(OCC#N)c(Br)c3)c(=O)n2[C@H]1c1ccccc1. The van der Waals surface area contributed by atoms with E-state index < -0.39 is 12.0 Å². The first-order chi connectivity index (χ1) is 19.0. The van der Waals surface area contributed by atoms with Gasteiger partial charge in [0.1, 0.15) is 11.8 Å². The fourth-order valence-corrected chi connectivity index (χ4v) is 5.89. The number of hydrogen-bond donors (Lipinski definition) is 0. The maximum atomic E-state index is 13.9. The van der Waals surface area contributed by atoms with Gasteiger partial charge in [-0.25, -0.2) is 9.79 Å². The molecule has 194 valence electrons. The summed E-state index contributed by atoms with van der Waals surface area (Å²) in [6.45, 7) is 1.88. The molecule has 39 heavy (non-hydrogen) atoms. The molecule has 1 aromatic heterocycles. The number of thiazole rings is 1. The summed E-state index contributed by atoms with van der Waals surface area (Å²) in [4.78, 5) is 32.7. The van der Waals surface area contributed by atoms with E-state index in [-0.39, 0.29) is 18.8 Å². The summed E-state index contributed by atoms with van der Waals surface area (Å²) in [7, 11) is 0. The molecule has 0 spiro atoms. The maximum absolute atomic E-state index is 13.9. The van der Waals surface area contributed by atoms with E-state index in [0.717, 1.165) is 16.7 Å². The Hall–Kier alpha value is -4.26. The molecular formula is C30H22BrN3O4S. The molecule has 0 unspecified atom stereocenters. The summed E-state index contributed by atoms with van der Waals surface area (Å²) in [5, 5.41) is 8.78. The Balaban J connectivity index is 1.74. The van der Waals surface area contributed by atoms with Crippen LogP contribution in [-0.2, 0) is 9.53 Å². The number of carbonyl (C=O) groups excluding carboxylic acids is 1. The van der Waals surface area contributed by atoms with E-state index in [0.29, 0.717) is 30.8 Å². The van der Waals surface area contributed by atoms with Crippen molar-refractivity contribution in [2.45, 2.75) is 13.0 Å². The van der Waals surface area contributed by atoms with Gasteiger partial charge in [-0.2, -0.15) is 5.26 Å². The second kappa shape index (κ2) is 11.6. The summed E-state index contributed by atoms with van der Waals surface area (Å²) in [5.41, 5.74) is 2.84. The normalized spacial score (nSPS) is 14.8. The number of rotatable bonds is 7. The van der Waals surface area contributed by atoms with Crippen LogP contribution in [0.5, 0.6) is 5.75 Å². The molecule has 4 aromatic rings. The van der Waals surface area contributed by atoms with Crippen LogP contribution in [-0.4, -0.2) is 23.8 Å². The third-order valence-corrected chi connectivity index (χ3v) is 7.64. The fourth-order valence-electron chi connectivity index (χ4n) is 4.38. The number of nitrogens with zero attached hydrogens (tertiary/aromatic N) is 3. The zero-order valence-corrected chi connectivity index (χ0v) is 23.2. The molecular weight excluding hydrogens is 578 g/mol. The van der Waals surface area contributed by atoms with Crippen LogP contribution in [0.25, 0.3) is 11.8 Å². The molecule has 7 nitrogen and oxygen atoms in total. The highest BCUT2D eigenvalue weighted by Crippen LogP contribution is 2.35. The largest absolute Gasteiger partial charge is 0.478 e. The standard InChI is InChI=1S/C30H22BrN3O4S/c1-2-37-29(36)25-26(20-9-5-3-6-10-20)33-30-34(27(25)21-11-7-4-8-12-21)28(35)24(39-30)18-19-13-14-23(22(31)17-19)38-16-15-32/h3-14,17-18,27H,2,16H2,1H3/b24-18-/t27-/m0/s1. The van der Waals surface area contributed by atoms with Gasteiger partial charge in [0.2, 0.25) is 0 Å². The van der Waals surface area contributed by atoms with Crippen LogP contribution in [0.4, 0.5) is 0 Å². The Morgan fingerprint density at radius 1 is 1.13 bits per heavy atom. The first kappa shape index (κ1) is 26.4. The van der Waals surface area contributed by atoms with Gasteiger partial charge in [0.05, 0.1) is 32.9 Å². The summed E-state index contributed by atoms with van der Waals surface area (Å²) >= 11 is 4.72. The van der Waals surface area contributed by atoms with Gasteiger partial charge >= 0.3 is 5.97 Å². The van der Waals surface area contributed by atoms with E-state index in [9.17, 15) is 9.59 Å². The van der Waals surface area contributed by atoms with Crippen molar-refractivity contribution in [3.8, 4) is 11.8 Å². The van der Waals surface area contributed by atoms with Crippen LogP contribution in [0.1, 0.15) is 29.7 Å². The van der Waals surface area contributed by atoms with Gasteiger partial charge in [-0.3, -0.25) is 9.36 Å². The Kier molecular flexibility index (Phi) is 7.87. The lowest BCUT2D eigenvalue weighted by Crippen LogP contribution is -2.39. The number of hydrogen-bond acceptors (Lipinski definition) is 7. The van der Waals surface area contributed by atoms with Crippen molar-refractivity contribution in [1.29, 1.82) is 5.26 Å². The number of carbonyl (C=O) groups is 1. The zero-order chi connectivity index (χ0) is 27.4. The minimum atomic E-state index is -0.715. The van der Waals surface area contributed by atoms with Crippen molar-refractivity contribution in [3.05, 3.63) is 125 Å². The van der Waals surface area contributed by atoms with E-state index in [1.165, 1.54) is 11.3 Å². The average Bonchev–Trinajstić information content (AvgIpc) is 3.27. The Morgan fingerprint density at radius 3 is 2.51 bits per heavy atom. The number of ether oxygens (including phenoxy) is 2. The first-order valence-electron chi connectivity index (χ1n) is 12.1. The number of fused-ring (bicyclic) bond motifs is 1. The number of halogens is 1. The Bertz CT molecular complexity index is 1790. The number of benzene rings is 3. The molecule has 1 aliphatic rings. The molecule has 2 heterocycles. The highest BCUT2D eigenvalue weighted by atomic mass is 79.9. The minimum Gasteiger partial charge on any atom is -0.478 e. The molecule has 0 aliphatic carbocycles. The predicted octanol–water partition coefficient (Wildman–Crippen LogP) is 4.60. The van der Waals surface area contributed by atoms with Gasteiger partial charge in [-0.1, -0.05) is 78.1 Å². The Labute approximate surface area is 236 Å². The summed E-state index contributed by atoms with van der Waals surface area (Å²) in [5.74, 6) is 0.0194. The molecule has 0 radical (unpaired) electrons. The molecule has 0 saturated heterocycles. The monoisotopic (exact) mass is 599 g/mol. The van der Waals surface area contributed by atoms with Crippen LogP contribution >= 0.6 is 27.3 Å². The van der Waals surface area contributed by atoms with E-state index in [1.807, 2.05) is 78.9 Å². The van der Waals surface area contributed by atoms with E-state index >= 15 is 0 Å². The number of aromatic nitrogens is 1. The molecule has 0 bridgehead atoms. The van der Waals surface area contributed by atoms with Gasteiger partial charge < -0.3 is 9.47 Å². The highest BCUT2D eigenvalue weighted by Gasteiger charge is 2.35. The van der Waals surface area contributed by atoms with Crippen LogP contribution in [0.2, 0.25) is 0 Å². The molecule has 0 fully saturated rings. The van der Waals surface area contributed by atoms with E-state index in [2.05, 4.69) is 15.9 Å². The van der Waals surface area contributed by atoms with Gasteiger partial charge in [-0.15, -0.1) is 0 Å². The van der Waals surface area contributed by atoms with Crippen LogP contribution in [0.3, 0.4) is 0 Å². The lowest BCUT2D eigenvalue weighted by molar-refractivity contribution is -0.138. The van der Waals surface area contributed by atoms with Gasteiger partial charge in [0, 0.05) is 5.56 Å². The summed E-state index contributed by atoms with van der Waals surface area (Å²) in [6.07, 6.45) is 1.78. The number of nitriles is 1. The average molecular weight is 600 g/mol. The van der Waals surface area contributed by atoms with Crippen molar-refractivity contribution >= 4 is 45.0 Å². The summed E-state index contributed by atoms with van der Waals surface area (Å²) < 4.78 is 13.6. The smallest absolute Gasteiger partial charge is 0.338 e. The number of esters is 1. The second-order valence-corrected chi connectivity index (χ2v) is 10.3. The van der Waals surface area contributed by atoms with Crippen LogP contribution in [0, 0.1) is 11.3 Å². The van der Waals surface area contributed by atoms with Crippen LogP contribution < -0.4 is 19.6 Å². The topological polar surface area (TPSA) is 93.7 Å². The molecule has 9 heteroatoms. The molecule has 1 aliphatic heterocycles. The molecule has 0 saturated carbocycles. The minimum absolute atomic E-state index is 0.0669. The van der Waals surface area contributed by atoms with E-state index in [1.54, 1.807) is 23.6 Å². The fraction of sp³-hybridized carbons (Fsp3) is 0.133. The highest BCUT2D eigenvalue weighted by molar-refractivity contribution is 9.10. The maximum Gasteiger partial charge on any atom is 0.338 e. The van der Waals surface area contributed by atoms with Gasteiger partial charge in [-0.05, 0) is 52.2 Å². The molecule has 5 rings (SSSR count). The zero-order valence-electron chi connectivity index (χ0n) is 20.8. The molecule has 3 aromatic carbocycles. The van der Waals surface area contributed by atoms with Crippen molar-refractivity contribution in [3.63, 3.8) is 0 Å². The van der Waals surface area contributed by atoms with Crippen LogP contribution in [0.15, 0.2) is 98.7 Å². The third-order valence-electron chi connectivity index (χ3n) is 6.03. The van der Waals surface area contributed by atoms with Crippen molar-refractivity contribution in [2.75, 3.05) is 13.2 Å². The summed E-state index contributed by atoms with van der Waals surface area (Å²) in [6, 6.07) is 25.5. The lowest BCUT2D eigenvalue weighted by Gasteiger charge is -2.25. The first-order valence-corrected chi connectivity index (χ1v) is 13.8. The third kappa shape index (κ3) is 5.35. The van der Waals surface area contributed by atoms with Gasteiger partial charge in [0.25, 0.3) is 5.56 Å². The molecule has 1 atom stereocenters. The van der Waals surface area contributed by atoms with Crippen molar-refractivity contribution in [2.24, 2.45) is 4.99 Å². The Morgan fingerprint density at radius 2 is 1.85 bits per heavy atom. The van der Waals surface area contributed by atoms with E-state index in [4.69, 9.17) is 19.7 Å². The van der Waals surface area contributed by atoms with Crippen molar-refractivity contribution < 1.29 is 14.3 Å². The lowest BCUT2D eigenvalue weighted by atomic mass is 9.93.